The number of ether oxygens (including phenoxy) is 1. The van der Waals surface area contributed by atoms with Gasteiger partial charge in [0.15, 0.2) is 0 Å². The summed E-state index contributed by atoms with van der Waals surface area (Å²) < 4.78 is 5.47. The molecule has 1 aliphatic heterocycles. The number of Topliss-reactive ketones (excluding diaryl/α,β-unsaturated/α-hetero) is 1. The number of nitrogens with zero attached hydrogens (tertiary/aromatic N) is 1. The highest BCUT2D eigenvalue weighted by Gasteiger charge is 2.21. The number of hydrogen-bond donors (Lipinski definition) is 1. The lowest BCUT2D eigenvalue weighted by Gasteiger charge is -2.31. The molecular formula is C12H23NO3. The Labute approximate surface area is 97.6 Å². The van der Waals surface area contributed by atoms with Crippen molar-refractivity contribution in [1.29, 1.82) is 0 Å². The lowest BCUT2D eigenvalue weighted by atomic mass is 10.0. The topological polar surface area (TPSA) is 49.8 Å². The van der Waals surface area contributed by atoms with Crippen molar-refractivity contribution < 1.29 is 14.6 Å². The molecule has 0 spiro atoms. The van der Waals surface area contributed by atoms with Crippen LogP contribution >= 0.6 is 0 Å². The van der Waals surface area contributed by atoms with Crippen LogP contribution in [-0.2, 0) is 9.53 Å². The maximum absolute atomic E-state index is 11.6. The number of aliphatic hydroxyl groups is 1. The van der Waals surface area contributed by atoms with Gasteiger partial charge in [-0.25, -0.2) is 0 Å². The summed E-state index contributed by atoms with van der Waals surface area (Å²) in [6.45, 7) is 6.83. The first-order chi connectivity index (χ1) is 7.63. The van der Waals surface area contributed by atoms with Crippen LogP contribution < -0.4 is 0 Å². The van der Waals surface area contributed by atoms with Gasteiger partial charge in [-0.05, 0) is 12.8 Å². The van der Waals surface area contributed by atoms with Crippen LogP contribution in [0.15, 0.2) is 0 Å². The average molecular weight is 229 g/mol. The summed E-state index contributed by atoms with van der Waals surface area (Å²) in [7, 11) is 0. The summed E-state index contributed by atoms with van der Waals surface area (Å²) in [5.74, 6) is 0.443. The van der Waals surface area contributed by atoms with Gasteiger partial charge >= 0.3 is 0 Å². The molecule has 0 aromatic heterocycles. The van der Waals surface area contributed by atoms with Gasteiger partial charge in [0.25, 0.3) is 0 Å². The van der Waals surface area contributed by atoms with E-state index in [0.29, 0.717) is 18.9 Å². The van der Waals surface area contributed by atoms with Gasteiger partial charge in [0.05, 0.1) is 25.9 Å². The minimum Gasteiger partial charge on any atom is -0.394 e. The normalized spacial score (nSPS) is 19.2. The van der Waals surface area contributed by atoms with Crippen molar-refractivity contribution in [2.75, 3.05) is 32.8 Å². The highest BCUT2D eigenvalue weighted by Crippen LogP contribution is 2.13. The van der Waals surface area contributed by atoms with Gasteiger partial charge in [-0.15, -0.1) is 0 Å². The average Bonchev–Trinajstić information content (AvgIpc) is 2.28. The van der Waals surface area contributed by atoms with Crippen molar-refractivity contribution >= 4 is 5.78 Å². The fourth-order valence-corrected chi connectivity index (χ4v) is 1.86. The Morgan fingerprint density at radius 2 is 2.06 bits per heavy atom. The van der Waals surface area contributed by atoms with E-state index in [4.69, 9.17) is 9.84 Å². The highest BCUT2D eigenvalue weighted by molar-refractivity contribution is 5.82. The molecule has 0 aliphatic carbocycles. The second-order valence-electron chi connectivity index (χ2n) is 4.69. The highest BCUT2D eigenvalue weighted by atomic mass is 16.5. The molecule has 1 rings (SSSR count). The maximum atomic E-state index is 11.6. The first-order valence-corrected chi connectivity index (χ1v) is 6.11. The van der Waals surface area contributed by atoms with E-state index in [-0.39, 0.29) is 18.6 Å². The van der Waals surface area contributed by atoms with E-state index in [0.717, 1.165) is 25.9 Å². The van der Waals surface area contributed by atoms with Gasteiger partial charge in [0, 0.05) is 19.0 Å². The third-order valence-electron chi connectivity index (χ3n) is 3.00. The largest absolute Gasteiger partial charge is 0.394 e. The molecule has 0 unspecified atom stereocenters. The summed E-state index contributed by atoms with van der Waals surface area (Å²) in [4.78, 5) is 13.8. The molecule has 1 aliphatic rings. The summed E-state index contributed by atoms with van der Waals surface area (Å²) >= 11 is 0. The van der Waals surface area contributed by atoms with Crippen LogP contribution in [-0.4, -0.2) is 54.7 Å². The predicted molar refractivity (Wildman–Crippen MR) is 62.3 cm³/mol. The molecule has 0 radical (unpaired) electrons. The molecule has 1 heterocycles. The van der Waals surface area contributed by atoms with Crippen LogP contribution in [0.1, 0.15) is 26.7 Å². The van der Waals surface area contributed by atoms with Crippen molar-refractivity contribution in [2.24, 2.45) is 5.92 Å². The summed E-state index contributed by atoms with van der Waals surface area (Å²) in [6, 6.07) is 0. The summed E-state index contributed by atoms with van der Waals surface area (Å²) in [6.07, 6.45) is 2.19. The minimum absolute atomic E-state index is 0.0893. The van der Waals surface area contributed by atoms with E-state index in [9.17, 15) is 4.79 Å². The standard InChI is InChI=1S/C12H23NO3/c1-10(2)12(15)9-13-5-3-11(4-6-13)16-8-7-14/h10-11,14H,3-9H2,1-2H3. The van der Waals surface area contributed by atoms with Gasteiger partial charge < -0.3 is 9.84 Å². The zero-order valence-electron chi connectivity index (χ0n) is 10.3. The van der Waals surface area contributed by atoms with Crippen molar-refractivity contribution in [3.8, 4) is 0 Å². The van der Waals surface area contributed by atoms with Crippen LogP contribution in [0.4, 0.5) is 0 Å². The number of ketones is 1. The van der Waals surface area contributed by atoms with Crippen LogP contribution in [0.3, 0.4) is 0 Å². The van der Waals surface area contributed by atoms with Crippen LogP contribution in [0.25, 0.3) is 0 Å². The van der Waals surface area contributed by atoms with E-state index >= 15 is 0 Å². The molecule has 0 bridgehead atoms. The molecule has 4 nitrogen and oxygen atoms in total. The number of rotatable bonds is 6. The maximum Gasteiger partial charge on any atom is 0.149 e. The van der Waals surface area contributed by atoms with E-state index in [2.05, 4.69) is 4.90 Å². The van der Waals surface area contributed by atoms with E-state index in [1.165, 1.54) is 0 Å². The smallest absolute Gasteiger partial charge is 0.149 e. The van der Waals surface area contributed by atoms with Crippen LogP contribution in [0, 0.1) is 5.92 Å². The number of hydrogen-bond acceptors (Lipinski definition) is 4. The van der Waals surface area contributed by atoms with E-state index in [1.54, 1.807) is 0 Å². The molecule has 94 valence electrons. The number of carbonyl (C=O) groups excluding carboxylic acids is 1. The zero-order chi connectivity index (χ0) is 12.0. The first kappa shape index (κ1) is 13.6. The lowest BCUT2D eigenvalue weighted by Crippen LogP contribution is -2.40. The lowest BCUT2D eigenvalue weighted by molar-refractivity contribution is -0.123. The zero-order valence-corrected chi connectivity index (χ0v) is 10.3. The number of piperidine rings is 1. The molecule has 1 fully saturated rings. The second-order valence-corrected chi connectivity index (χ2v) is 4.69. The number of carbonyl (C=O) groups is 1. The molecule has 1 saturated heterocycles. The third-order valence-corrected chi connectivity index (χ3v) is 3.00. The Hall–Kier alpha value is -0.450. The molecule has 1 N–H and O–H groups in total. The SMILES string of the molecule is CC(C)C(=O)CN1CCC(OCCO)CC1. The first-order valence-electron chi connectivity index (χ1n) is 6.11. The Kier molecular flexibility index (Phi) is 5.95. The molecule has 0 aromatic rings. The fourth-order valence-electron chi connectivity index (χ4n) is 1.86. The van der Waals surface area contributed by atoms with Gasteiger partial charge in [0.1, 0.15) is 5.78 Å². The minimum atomic E-state index is 0.0893. The van der Waals surface area contributed by atoms with E-state index < -0.39 is 0 Å². The quantitative estimate of drug-likeness (QED) is 0.728. The van der Waals surface area contributed by atoms with Crippen molar-refractivity contribution in [2.45, 2.75) is 32.8 Å². The Morgan fingerprint density at radius 3 is 2.56 bits per heavy atom. The van der Waals surface area contributed by atoms with Crippen molar-refractivity contribution in [3.63, 3.8) is 0 Å². The van der Waals surface area contributed by atoms with Gasteiger partial charge in [-0.1, -0.05) is 13.8 Å². The fraction of sp³-hybridized carbons (Fsp3) is 0.917. The summed E-state index contributed by atoms with van der Waals surface area (Å²) in [5, 5.41) is 8.65. The third kappa shape index (κ3) is 4.60. The van der Waals surface area contributed by atoms with Gasteiger partial charge in [-0.3, -0.25) is 9.69 Å². The van der Waals surface area contributed by atoms with Crippen molar-refractivity contribution in [3.05, 3.63) is 0 Å². The van der Waals surface area contributed by atoms with Gasteiger partial charge in [-0.2, -0.15) is 0 Å². The van der Waals surface area contributed by atoms with Crippen molar-refractivity contribution in [1.82, 2.24) is 4.90 Å². The Morgan fingerprint density at radius 1 is 1.44 bits per heavy atom. The van der Waals surface area contributed by atoms with Crippen LogP contribution in [0.5, 0.6) is 0 Å². The molecule has 0 saturated carbocycles. The summed E-state index contributed by atoms with van der Waals surface area (Å²) in [5.41, 5.74) is 0. The predicted octanol–water partition coefficient (Wildman–Crippen LogP) is 0.685. The van der Waals surface area contributed by atoms with Crippen LogP contribution in [0.2, 0.25) is 0 Å². The monoisotopic (exact) mass is 229 g/mol. The van der Waals surface area contributed by atoms with Gasteiger partial charge in [0.2, 0.25) is 0 Å². The Bertz CT molecular complexity index is 210. The molecule has 0 aromatic carbocycles. The molecule has 0 amide bonds. The Balaban J connectivity index is 2.19. The second kappa shape index (κ2) is 6.99. The molecular weight excluding hydrogens is 206 g/mol. The molecule has 4 heteroatoms. The molecule has 16 heavy (non-hydrogen) atoms. The number of likely N-dealkylation sites (tertiary alicyclic amines) is 1. The molecule has 0 atom stereocenters. The number of aliphatic hydroxyl groups excluding tert-OH is 1. The van der Waals surface area contributed by atoms with E-state index in [1.807, 2.05) is 13.8 Å².